The largest absolute Gasteiger partial charge is 1.00 e. The molecule has 0 aliphatic carbocycles. The summed E-state index contributed by atoms with van der Waals surface area (Å²) in [6, 6.07) is 22.9. The molecule has 3 aromatic rings. The molecule has 0 unspecified atom stereocenters. The van der Waals surface area contributed by atoms with Crippen molar-refractivity contribution in [3.8, 4) is 0 Å². The van der Waals surface area contributed by atoms with Crippen LogP contribution >= 0.6 is 0 Å². The number of hydrogen-bond donors (Lipinski definition) is 0. The summed E-state index contributed by atoms with van der Waals surface area (Å²) < 4.78 is 1.91. The fourth-order valence-electron chi connectivity index (χ4n) is 2.29. The highest BCUT2D eigenvalue weighted by Crippen LogP contribution is 2.10. The lowest BCUT2D eigenvalue weighted by Gasteiger charge is -2.02. The number of ketones is 1. The molecule has 2 aromatic carbocycles. The van der Waals surface area contributed by atoms with Crippen LogP contribution in [0.4, 0.5) is 0 Å². The van der Waals surface area contributed by atoms with Crippen molar-refractivity contribution in [1.29, 1.82) is 0 Å². The van der Waals surface area contributed by atoms with E-state index >= 15 is 0 Å². The van der Waals surface area contributed by atoms with Gasteiger partial charge in [0.15, 0.2) is 18.2 Å². The van der Waals surface area contributed by atoms with Crippen molar-refractivity contribution in [2.24, 2.45) is 0 Å². The van der Waals surface area contributed by atoms with E-state index in [-0.39, 0.29) is 22.8 Å². The molecular weight excluding hydrogens is 350 g/mol. The minimum atomic E-state index is 0. The lowest BCUT2D eigenvalue weighted by Crippen LogP contribution is -3.00. The molecule has 23 heavy (non-hydrogen) atoms. The molecule has 0 amide bonds. The second-order valence-corrected chi connectivity index (χ2v) is 5.00. The molecule has 2 nitrogen and oxygen atoms in total. The van der Waals surface area contributed by atoms with Crippen LogP contribution in [-0.2, 0) is 0 Å². The third-order valence-electron chi connectivity index (χ3n) is 3.55. The number of carbonyl (C=O) groups excluding carboxylic acids is 1. The zero-order chi connectivity index (χ0) is 15.4. The standard InChI is InChI=1S/C20H16NO.BrH/c1-16(17-8-4-2-5-9-17)21-14-12-19(13-15-21)20(22)18-10-6-3-7-11-18;/h2-15H,1H2;1H/q+1;/p-1. The predicted molar refractivity (Wildman–Crippen MR) is 87.4 cm³/mol. The number of carbonyl (C=O) groups is 1. The Hall–Kier alpha value is -2.52. The van der Waals surface area contributed by atoms with Crippen molar-refractivity contribution >= 4 is 11.5 Å². The minimum Gasteiger partial charge on any atom is -1.00 e. The van der Waals surface area contributed by atoms with E-state index in [0.29, 0.717) is 11.1 Å². The van der Waals surface area contributed by atoms with E-state index in [2.05, 4.69) is 6.58 Å². The number of aromatic nitrogens is 1. The molecule has 0 bridgehead atoms. The van der Waals surface area contributed by atoms with E-state index in [4.69, 9.17) is 0 Å². The zero-order valence-electron chi connectivity index (χ0n) is 12.5. The van der Waals surface area contributed by atoms with Gasteiger partial charge in [-0.05, 0) is 18.7 Å². The average molecular weight is 366 g/mol. The van der Waals surface area contributed by atoms with Gasteiger partial charge in [-0.1, -0.05) is 48.5 Å². The summed E-state index contributed by atoms with van der Waals surface area (Å²) >= 11 is 0. The molecular formula is C20H16BrNO. The van der Waals surface area contributed by atoms with Crippen LogP contribution in [0.3, 0.4) is 0 Å². The Labute approximate surface area is 146 Å². The molecule has 1 heterocycles. The molecule has 114 valence electrons. The maximum Gasteiger partial charge on any atom is 0.210 e. The summed E-state index contributed by atoms with van der Waals surface area (Å²) in [5.74, 6) is 0.0260. The molecule has 3 rings (SSSR count). The fraction of sp³-hybridized carbons (Fsp3) is 0. The molecule has 0 saturated carbocycles. The molecule has 0 aliphatic rings. The smallest absolute Gasteiger partial charge is 0.210 e. The van der Waals surface area contributed by atoms with Gasteiger partial charge in [-0.3, -0.25) is 4.79 Å². The van der Waals surface area contributed by atoms with Crippen LogP contribution < -0.4 is 21.5 Å². The lowest BCUT2D eigenvalue weighted by molar-refractivity contribution is -0.578. The van der Waals surface area contributed by atoms with E-state index in [0.717, 1.165) is 11.3 Å². The molecule has 0 radical (unpaired) electrons. The van der Waals surface area contributed by atoms with Gasteiger partial charge in [0.1, 0.15) is 0 Å². The zero-order valence-corrected chi connectivity index (χ0v) is 14.1. The normalized spacial score (nSPS) is 9.74. The quantitative estimate of drug-likeness (QED) is 0.493. The van der Waals surface area contributed by atoms with Crippen LogP contribution in [0.25, 0.3) is 5.70 Å². The van der Waals surface area contributed by atoms with Crippen molar-refractivity contribution in [3.05, 3.63) is 108 Å². The van der Waals surface area contributed by atoms with Gasteiger partial charge < -0.3 is 17.0 Å². The highest BCUT2D eigenvalue weighted by molar-refractivity contribution is 6.08. The Bertz CT molecular complexity index is 726. The Morgan fingerprint density at radius 2 is 1.13 bits per heavy atom. The maximum atomic E-state index is 12.4. The monoisotopic (exact) mass is 365 g/mol. The van der Waals surface area contributed by atoms with Crippen LogP contribution in [0.2, 0.25) is 0 Å². The van der Waals surface area contributed by atoms with E-state index in [1.165, 1.54) is 0 Å². The van der Waals surface area contributed by atoms with Gasteiger partial charge >= 0.3 is 0 Å². The Kier molecular flexibility index (Phi) is 5.61. The number of nitrogens with zero attached hydrogens (tertiary/aromatic N) is 1. The number of halogens is 1. The van der Waals surface area contributed by atoms with Crippen molar-refractivity contribution < 1.29 is 26.3 Å². The molecule has 0 N–H and O–H groups in total. The van der Waals surface area contributed by atoms with E-state index in [1.54, 1.807) is 0 Å². The number of rotatable bonds is 4. The first-order valence-corrected chi connectivity index (χ1v) is 7.11. The van der Waals surface area contributed by atoms with Gasteiger partial charge in [-0.15, -0.1) is 0 Å². The number of benzene rings is 2. The van der Waals surface area contributed by atoms with Crippen LogP contribution in [0.15, 0.2) is 91.8 Å². The number of pyridine rings is 1. The molecule has 0 atom stereocenters. The van der Waals surface area contributed by atoms with Gasteiger partial charge in [0.05, 0.1) is 0 Å². The SMILES string of the molecule is C=C(c1ccccc1)[n+]1ccc(C(=O)c2ccccc2)cc1.[Br-]. The highest BCUT2D eigenvalue weighted by atomic mass is 79.9. The van der Waals surface area contributed by atoms with E-state index in [1.807, 2.05) is 89.8 Å². The maximum absolute atomic E-state index is 12.4. The first kappa shape index (κ1) is 16.8. The van der Waals surface area contributed by atoms with Crippen LogP contribution in [0, 0.1) is 0 Å². The molecule has 1 aromatic heterocycles. The average Bonchev–Trinajstić information content (AvgIpc) is 2.62. The molecule has 0 saturated heterocycles. The highest BCUT2D eigenvalue weighted by Gasteiger charge is 2.13. The molecule has 0 spiro atoms. The predicted octanol–water partition coefficient (Wildman–Crippen LogP) is 0.728. The first-order chi connectivity index (χ1) is 10.8. The van der Waals surface area contributed by atoms with Gasteiger partial charge in [0.2, 0.25) is 5.70 Å². The Morgan fingerprint density at radius 1 is 0.696 bits per heavy atom. The van der Waals surface area contributed by atoms with Gasteiger partial charge in [-0.25, -0.2) is 0 Å². The third kappa shape index (κ3) is 3.82. The second-order valence-electron chi connectivity index (χ2n) is 5.00. The van der Waals surface area contributed by atoms with Gasteiger partial charge in [0.25, 0.3) is 0 Å². The summed E-state index contributed by atoms with van der Waals surface area (Å²) in [5, 5.41) is 0. The van der Waals surface area contributed by atoms with Crippen molar-refractivity contribution in [2.75, 3.05) is 0 Å². The lowest BCUT2D eigenvalue weighted by atomic mass is 10.0. The summed E-state index contributed by atoms with van der Waals surface area (Å²) in [6.45, 7) is 4.11. The topological polar surface area (TPSA) is 20.9 Å². The summed E-state index contributed by atoms with van der Waals surface area (Å²) in [4.78, 5) is 12.4. The van der Waals surface area contributed by atoms with Gasteiger partial charge in [0, 0.05) is 28.8 Å². The number of hydrogen-bond acceptors (Lipinski definition) is 1. The van der Waals surface area contributed by atoms with E-state index < -0.39 is 0 Å². The Morgan fingerprint density at radius 3 is 1.65 bits per heavy atom. The second kappa shape index (κ2) is 7.65. The minimum absolute atomic E-state index is 0. The Balaban J connectivity index is 0.00000192. The summed E-state index contributed by atoms with van der Waals surface area (Å²) in [7, 11) is 0. The van der Waals surface area contributed by atoms with Crippen molar-refractivity contribution in [1.82, 2.24) is 0 Å². The molecule has 3 heteroatoms. The molecule has 0 aliphatic heterocycles. The van der Waals surface area contributed by atoms with Crippen LogP contribution in [-0.4, -0.2) is 5.78 Å². The fourth-order valence-corrected chi connectivity index (χ4v) is 2.29. The van der Waals surface area contributed by atoms with Crippen LogP contribution in [0.5, 0.6) is 0 Å². The summed E-state index contributed by atoms with van der Waals surface area (Å²) in [6.07, 6.45) is 3.73. The van der Waals surface area contributed by atoms with Gasteiger partial charge in [-0.2, -0.15) is 4.57 Å². The third-order valence-corrected chi connectivity index (χ3v) is 3.55. The van der Waals surface area contributed by atoms with Crippen molar-refractivity contribution in [3.63, 3.8) is 0 Å². The molecule has 0 fully saturated rings. The first-order valence-electron chi connectivity index (χ1n) is 7.11. The van der Waals surface area contributed by atoms with Crippen LogP contribution in [0.1, 0.15) is 21.5 Å². The van der Waals surface area contributed by atoms with Crippen molar-refractivity contribution in [2.45, 2.75) is 0 Å². The van der Waals surface area contributed by atoms with E-state index in [9.17, 15) is 4.79 Å². The summed E-state index contributed by atoms with van der Waals surface area (Å²) in [5.41, 5.74) is 3.29.